The maximum absolute atomic E-state index is 14.2. The number of methoxy groups -OCH3 is 1. The molecule has 1 aliphatic rings. The summed E-state index contributed by atoms with van der Waals surface area (Å²) in [7, 11) is 1.41. The summed E-state index contributed by atoms with van der Waals surface area (Å²) in [5, 5.41) is 2.66. The van der Waals surface area contributed by atoms with Crippen molar-refractivity contribution in [2.45, 2.75) is 19.9 Å². The lowest BCUT2D eigenvalue weighted by molar-refractivity contribution is 0.0376. The predicted octanol–water partition coefficient (Wildman–Crippen LogP) is 2.64. The van der Waals surface area contributed by atoms with Crippen LogP contribution in [0, 0.1) is 11.2 Å². The maximum Gasteiger partial charge on any atom is 0.407 e. The SMILES string of the molecule is COc1cccc([C@H]2NC(=O)OCC2(C)C)c1F. The van der Waals surface area contributed by atoms with Gasteiger partial charge in [0.15, 0.2) is 11.6 Å². The highest BCUT2D eigenvalue weighted by molar-refractivity contribution is 5.69. The lowest BCUT2D eigenvalue weighted by Crippen LogP contribution is -2.47. The summed E-state index contributed by atoms with van der Waals surface area (Å²) in [6, 6.07) is 4.46. The zero-order valence-corrected chi connectivity index (χ0v) is 10.6. The zero-order chi connectivity index (χ0) is 13.3. The number of rotatable bonds is 2. The Kier molecular flexibility index (Phi) is 3.15. The molecular weight excluding hydrogens is 237 g/mol. The molecule has 1 saturated heterocycles. The maximum atomic E-state index is 14.2. The van der Waals surface area contributed by atoms with Crippen molar-refractivity contribution in [3.63, 3.8) is 0 Å². The van der Waals surface area contributed by atoms with Gasteiger partial charge in [0.1, 0.15) is 6.61 Å². The number of benzene rings is 1. The van der Waals surface area contributed by atoms with Gasteiger partial charge in [-0.2, -0.15) is 0 Å². The molecule has 1 amide bonds. The van der Waals surface area contributed by atoms with E-state index in [9.17, 15) is 9.18 Å². The molecule has 4 nitrogen and oxygen atoms in total. The first-order valence-corrected chi connectivity index (χ1v) is 5.71. The summed E-state index contributed by atoms with van der Waals surface area (Å²) in [6.45, 7) is 4.08. The minimum atomic E-state index is -0.526. The Labute approximate surface area is 105 Å². The third-order valence-corrected chi connectivity index (χ3v) is 3.14. The monoisotopic (exact) mass is 253 g/mol. The Hall–Kier alpha value is -1.78. The van der Waals surface area contributed by atoms with Gasteiger partial charge in [0.2, 0.25) is 0 Å². The second-order valence-corrected chi connectivity index (χ2v) is 5.01. The van der Waals surface area contributed by atoms with E-state index in [4.69, 9.17) is 9.47 Å². The van der Waals surface area contributed by atoms with Crippen LogP contribution in [-0.4, -0.2) is 19.8 Å². The van der Waals surface area contributed by atoms with Crippen molar-refractivity contribution >= 4 is 6.09 Å². The van der Waals surface area contributed by atoms with Gasteiger partial charge < -0.3 is 14.8 Å². The molecule has 0 aromatic heterocycles. The van der Waals surface area contributed by atoms with Gasteiger partial charge in [-0.15, -0.1) is 0 Å². The number of carbonyl (C=O) groups excluding carboxylic acids is 1. The molecule has 18 heavy (non-hydrogen) atoms. The molecule has 1 atom stereocenters. The first-order valence-electron chi connectivity index (χ1n) is 5.71. The molecule has 1 N–H and O–H groups in total. The van der Waals surface area contributed by atoms with Crippen LogP contribution in [0.3, 0.4) is 0 Å². The van der Waals surface area contributed by atoms with Gasteiger partial charge >= 0.3 is 6.09 Å². The van der Waals surface area contributed by atoms with E-state index >= 15 is 0 Å². The van der Waals surface area contributed by atoms with Crippen LogP contribution in [0.15, 0.2) is 18.2 Å². The molecule has 1 aromatic carbocycles. The summed E-state index contributed by atoms with van der Waals surface area (Å²) in [5.74, 6) is -0.274. The normalized spacial score (nSPS) is 22.0. The Bertz CT molecular complexity index is 473. The van der Waals surface area contributed by atoms with Crippen molar-refractivity contribution in [3.8, 4) is 5.75 Å². The van der Waals surface area contributed by atoms with Gasteiger partial charge in [-0.25, -0.2) is 9.18 Å². The van der Waals surface area contributed by atoms with Crippen LogP contribution >= 0.6 is 0 Å². The molecule has 98 valence electrons. The minimum absolute atomic E-state index is 0.170. The highest BCUT2D eigenvalue weighted by Gasteiger charge is 2.39. The number of nitrogens with one attached hydrogen (secondary N) is 1. The third kappa shape index (κ3) is 2.12. The molecule has 0 unspecified atom stereocenters. The van der Waals surface area contributed by atoms with E-state index in [0.29, 0.717) is 5.56 Å². The number of amides is 1. The fourth-order valence-corrected chi connectivity index (χ4v) is 2.10. The fraction of sp³-hybridized carbons (Fsp3) is 0.462. The Balaban J connectivity index is 2.43. The summed E-state index contributed by atoms with van der Waals surface area (Å²) in [5.41, 5.74) is 0.0252. The van der Waals surface area contributed by atoms with Crippen molar-refractivity contribution in [1.82, 2.24) is 5.32 Å². The molecule has 1 heterocycles. The van der Waals surface area contributed by atoms with E-state index in [1.165, 1.54) is 7.11 Å². The number of hydrogen-bond acceptors (Lipinski definition) is 3. The average Bonchev–Trinajstić information content (AvgIpc) is 2.33. The molecule has 2 rings (SSSR count). The molecule has 0 bridgehead atoms. The smallest absolute Gasteiger partial charge is 0.407 e. The van der Waals surface area contributed by atoms with Crippen molar-refractivity contribution in [1.29, 1.82) is 0 Å². The van der Waals surface area contributed by atoms with Crippen molar-refractivity contribution in [2.75, 3.05) is 13.7 Å². The number of carbonyl (C=O) groups is 1. The molecular formula is C13H16FNO3. The Morgan fingerprint density at radius 3 is 2.89 bits per heavy atom. The minimum Gasteiger partial charge on any atom is -0.494 e. The number of alkyl carbamates (subject to hydrolysis) is 1. The summed E-state index contributed by atoms with van der Waals surface area (Å²) in [6.07, 6.45) is -0.526. The van der Waals surface area contributed by atoms with Crippen LogP contribution in [0.5, 0.6) is 5.75 Å². The van der Waals surface area contributed by atoms with Gasteiger partial charge in [-0.05, 0) is 6.07 Å². The van der Waals surface area contributed by atoms with Crippen molar-refractivity contribution in [2.24, 2.45) is 5.41 Å². The van der Waals surface area contributed by atoms with Crippen molar-refractivity contribution in [3.05, 3.63) is 29.6 Å². The summed E-state index contributed by atoms with van der Waals surface area (Å²) < 4.78 is 24.1. The second kappa shape index (κ2) is 4.48. The van der Waals surface area contributed by atoms with E-state index in [1.807, 2.05) is 13.8 Å². The first-order chi connectivity index (χ1) is 8.45. The van der Waals surface area contributed by atoms with Crippen LogP contribution in [0.2, 0.25) is 0 Å². The lowest BCUT2D eigenvalue weighted by Gasteiger charge is -2.38. The van der Waals surface area contributed by atoms with Crippen molar-refractivity contribution < 1.29 is 18.7 Å². The van der Waals surface area contributed by atoms with Gasteiger partial charge in [-0.3, -0.25) is 0 Å². The number of halogens is 1. The quantitative estimate of drug-likeness (QED) is 0.881. The van der Waals surface area contributed by atoms with Gasteiger partial charge in [-0.1, -0.05) is 26.0 Å². The number of cyclic esters (lactones) is 1. The second-order valence-electron chi connectivity index (χ2n) is 5.01. The average molecular weight is 253 g/mol. The largest absolute Gasteiger partial charge is 0.494 e. The van der Waals surface area contributed by atoms with Crippen LogP contribution in [0.4, 0.5) is 9.18 Å². The predicted molar refractivity (Wildman–Crippen MR) is 64.0 cm³/mol. The van der Waals surface area contributed by atoms with E-state index in [2.05, 4.69) is 5.32 Å². The Morgan fingerprint density at radius 1 is 1.50 bits per heavy atom. The molecule has 0 aliphatic carbocycles. The van der Waals surface area contributed by atoms with E-state index in [0.717, 1.165) is 0 Å². The lowest BCUT2D eigenvalue weighted by atomic mass is 9.80. The molecule has 0 spiro atoms. The highest BCUT2D eigenvalue weighted by atomic mass is 19.1. The first kappa shape index (κ1) is 12.7. The summed E-state index contributed by atoms with van der Waals surface area (Å²) >= 11 is 0. The van der Waals surface area contributed by atoms with Crippen LogP contribution in [-0.2, 0) is 4.74 Å². The van der Waals surface area contributed by atoms with E-state index in [1.54, 1.807) is 18.2 Å². The highest BCUT2D eigenvalue weighted by Crippen LogP contribution is 2.39. The summed E-state index contributed by atoms with van der Waals surface area (Å²) in [4.78, 5) is 11.3. The van der Waals surface area contributed by atoms with Gasteiger partial charge in [0, 0.05) is 11.0 Å². The van der Waals surface area contributed by atoms with E-state index < -0.39 is 18.0 Å². The third-order valence-electron chi connectivity index (χ3n) is 3.14. The van der Waals surface area contributed by atoms with Gasteiger partial charge in [0.25, 0.3) is 0 Å². The Morgan fingerprint density at radius 2 is 2.22 bits per heavy atom. The number of ether oxygens (including phenoxy) is 2. The molecule has 0 radical (unpaired) electrons. The molecule has 1 fully saturated rings. The van der Waals surface area contributed by atoms with Gasteiger partial charge in [0.05, 0.1) is 13.2 Å². The molecule has 5 heteroatoms. The van der Waals surface area contributed by atoms with Crippen LogP contribution < -0.4 is 10.1 Å². The zero-order valence-electron chi connectivity index (χ0n) is 10.6. The molecule has 0 saturated carbocycles. The molecule has 1 aliphatic heterocycles. The topological polar surface area (TPSA) is 47.6 Å². The fourth-order valence-electron chi connectivity index (χ4n) is 2.10. The van der Waals surface area contributed by atoms with Crippen LogP contribution in [0.1, 0.15) is 25.5 Å². The standard InChI is InChI=1S/C13H16FNO3/c1-13(2)7-18-12(16)15-11(13)8-5-4-6-9(17-3)10(8)14/h4-6,11H,7H2,1-3H3,(H,15,16)/t11-/m1/s1. The number of hydrogen-bond donors (Lipinski definition) is 1. The van der Waals surface area contributed by atoms with Crippen LogP contribution in [0.25, 0.3) is 0 Å². The molecule has 1 aromatic rings. The van der Waals surface area contributed by atoms with E-state index in [-0.39, 0.29) is 17.8 Å².